The van der Waals surface area contributed by atoms with Crippen LogP contribution in [0.5, 0.6) is 0 Å². The predicted octanol–water partition coefficient (Wildman–Crippen LogP) is 3.79. The van der Waals surface area contributed by atoms with Crippen molar-refractivity contribution < 1.29 is 0 Å². The summed E-state index contributed by atoms with van der Waals surface area (Å²) >= 11 is 0. The van der Waals surface area contributed by atoms with Crippen molar-refractivity contribution in [2.24, 2.45) is 5.73 Å². The van der Waals surface area contributed by atoms with Crippen LogP contribution in [0.2, 0.25) is 0 Å². The zero-order chi connectivity index (χ0) is 14.9. The summed E-state index contributed by atoms with van der Waals surface area (Å²) in [6.07, 6.45) is 0. The molecule has 1 aliphatic rings. The second kappa shape index (κ2) is 6.82. The van der Waals surface area contributed by atoms with Gasteiger partial charge < -0.3 is 5.73 Å². The smallest absolute Gasteiger partial charge is 0.0237 e. The molecule has 1 atom stereocenters. The van der Waals surface area contributed by atoms with Crippen LogP contribution < -0.4 is 5.73 Å². The molecule has 1 unspecified atom stereocenters. The molecule has 0 amide bonds. The van der Waals surface area contributed by atoms with E-state index < -0.39 is 0 Å². The Balaban J connectivity index is 0.00000176. The molecule has 0 radical (unpaired) electrons. The van der Waals surface area contributed by atoms with Crippen LogP contribution in [0.4, 0.5) is 0 Å². The molecule has 1 aliphatic heterocycles. The second-order valence-electron chi connectivity index (χ2n) is 6.82. The normalized spacial score (nSPS) is 18.4. The standard InChI is InChI=1S/C19H24N2.ClH/c1-19(2,20)14-21-12-16-10-6-7-11-17(16)18(13-21)15-8-4-3-5-9-15;/h3-11,18H,12-14,20H2,1-2H3;1H. The molecule has 22 heavy (non-hydrogen) atoms. The predicted molar refractivity (Wildman–Crippen MR) is 95.5 cm³/mol. The first kappa shape index (κ1) is 17.0. The van der Waals surface area contributed by atoms with E-state index in [1.54, 1.807) is 0 Å². The van der Waals surface area contributed by atoms with Gasteiger partial charge in [-0.1, -0.05) is 54.6 Å². The van der Waals surface area contributed by atoms with Crippen molar-refractivity contribution in [1.82, 2.24) is 4.90 Å². The quantitative estimate of drug-likeness (QED) is 0.933. The Morgan fingerprint density at radius 1 is 1.05 bits per heavy atom. The topological polar surface area (TPSA) is 29.3 Å². The third kappa shape index (κ3) is 3.89. The molecule has 2 aromatic carbocycles. The zero-order valence-electron chi connectivity index (χ0n) is 13.3. The van der Waals surface area contributed by atoms with E-state index >= 15 is 0 Å². The van der Waals surface area contributed by atoms with Gasteiger partial charge in [-0.3, -0.25) is 4.90 Å². The molecule has 0 saturated carbocycles. The molecular weight excluding hydrogens is 292 g/mol. The Labute approximate surface area is 139 Å². The van der Waals surface area contributed by atoms with Crippen LogP contribution in [0.3, 0.4) is 0 Å². The van der Waals surface area contributed by atoms with E-state index in [-0.39, 0.29) is 17.9 Å². The molecule has 0 saturated heterocycles. The van der Waals surface area contributed by atoms with Crippen LogP contribution in [0.15, 0.2) is 54.6 Å². The number of halogens is 1. The third-order valence-electron chi connectivity index (χ3n) is 4.10. The van der Waals surface area contributed by atoms with Crippen LogP contribution in [-0.4, -0.2) is 23.5 Å². The molecule has 2 aromatic rings. The molecule has 3 rings (SSSR count). The van der Waals surface area contributed by atoms with Gasteiger partial charge in [0, 0.05) is 31.1 Å². The Morgan fingerprint density at radius 3 is 2.36 bits per heavy atom. The fourth-order valence-corrected chi connectivity index (χ4v) is 3.35. The largest absolute Gasteiger partial charge is 0.324 e. The van der Waals surface area contributed by atoms with Gasteiger partial charge in [0.1, 0.15) is 0 Å². The highest BCUT2D eigenvalue weighted by atomic mass is 35.5. The van der Waals surface area contributed by atoms with Gasteiger partial charge in [0.2, 0.25) is 0 Å². The summed E-state index contributed by atoms with van der Waals surface area (Å²) < 4.78 is 0. The number of hydrogen-bond donors (Lipinski definition) is 1. The first-order valence-electron chi connectivity index (χ1n) is 7.67. The SMILES string of the molecule is CC(C)(N)CN1Cc2ccccc2C(c2ccccc2)C1.Cl. The summed E-state index contributed by atoms with van der Waals surface area (Å²) in [6, 6.07) is 19.6. The number of rotatable bonds is 3. The van der Waals surface area contributed by atoms with Gasteiger partial charge in [-0.05, 0) is 30.5 Å². The van der Waals surface area contributed by atoms with E-state index in [1.165, 1.54) is 16.7 Å². The minimum Gasteiger partial charge on any atom is -0.324 e. The fourth-order valence-electron chi connectivity index (χ4n) is 3.35. The molecule has 0 aromatic heterocycles. The van der Waals surface area contributed by atoms with Crippen molar-refractivity contribution in [2.75, 3.05) is 13.1 Å². The molecular formula is C19H25ClN2. The van der Waals surface area contributed by atoms with Crippen molar-refractivity contribution >= 4 is 12.4 Å². The Kier molecular flexibility index (Phi) is 5.28. The summed E-state index contributed by atoms with van der Waals surface area (Å²) in [5.41, 5.74) is 10.4. The number of nitrogens with two attached hydrogens (primary N) is 1. The van der Waals surface area contributed by atoms with Crippen LogP contribution >= 0.6 is 12.4 Å². The van der Waals surface area contributed by atoms with Crippen LogP contribution in [0, 0.1) is 0 Å². The zero-order valence-corrected chi connectivity index (χ0v) is 14.1. The van der Waals surface area contributed by atoms with E-state index in [9.17, 15) is 0 Å². The lowest BCUT2D eigenvalue weighted by Gasteiger charge is -2.38. The number of nitrogens with zero attached hydrogens (tertiary/aromatic N) is 1. The summed E-state index contributed by atoms with van der Waals surface area (Å²) in [5.74, 6) is 0.443. The lowest BCUT2D eigenvalue weighted by molar-refractivity contribution is 0.199. The lowest BCUT2D eigenvalue weighted by atomic mass is 9.84. The van der Waals surface area contributed by atoms with Crippen molar-refractivity contribution in [2.45, 2.75) is 31.8 Å². The van der Waals surface area contributed by atoms with Gasteiger partial charge in [0.15, 0.2) is 0 Å². The van der Waals surface area contributed by atoms with Gasteiger partial charge in [-0.2, -0.15) is 0 Å². The summed E-state index contributed by atoms with van der Waals surface area (Å²) in [7, 11) is 0. The summed E-state index contributed by atoms with van der Waals surface area (Å²) in [5, 5.41) is 0. The first-order valence-corrected chi connectivity index (χ1v) is 7.67. The third-order valence-corrected chi connectivity index (χ3v) is 4.10. The van der Waals surface area contributed by atoms with Crippen LogP contribution in [0.25, 0.3) is 0 Å². The van der Waals surface area contributed by atoms with Gasteiger partial charge in [0.25, 0.3) is 0 Å². The first-order chi connectivity index (χ1) is 10.0. The van der Waals surface area contributed by atoms with Gasteiger partial charge >= 0.3 is 0 Å². The Hall–Kier alpha value is -1.35. The Morgan fingerprint density at radius 2 is 1.68 bits per heavy atom. The summed E-state index contributed by atoms with van der Waals surface area (Å²) in [6.45, 7) is 7.17. The van der Waals surface area contributed by atoms with Crippen molar-refractivity contribution in [3.63, 3.8) is 0 Å². The maximum atomic E-state index is 6.23. The highest BCUT2D eigenvalue weighted by Gasteiger charge is 2.28. The molecule has 0 bridgehead atoms. The monoisotopic (exact) mass is 316 g/mol. The van der Waals surface area contributed by atoms with E-state index in [1.807, 2.05) is 0 Å². The average molecular weight is 317 g/mol. The molecule has 2 nitrogen and oxygen atoms in total. The molecule has 0 fully saturated rings. The number of benzene rings is 2. The van der Waals surface area contributed by atoms with Crippen molar-refractivity contribution in [3.8, 4) is 0 Å². The molecule has 0 aliphatic carbocycles. The Bertz CT molecular complexity index is 604. The second-order valence-corrected chi connectivity index (χ2v) is 6.82. The van der Waals surface area contributed by atoms with E-state index in [4.69, 9.17) is 5.73 Å². The maximum Gasteiger partial charge on any atom is 0.0237 e. The fraction of sp³-hybridized carbons (Fsp3) is 0.368. The minimum absolute atomic E-state index is 0. The minimum atomic E-state index is -0.159. The van der Waals surface area contributed by atoms with Crippen molar-refractivity contribution in [1.29, 1.82) is 0 Å². The van der Waals surface area contributed by atoms with Crippen molar-refractivity contribution in [3.05, 3.63) is 71.3 Å². The maximum absolute atomic E-state index is 6.23. The van der Waals surface area contributed by atoms with E-state index in [2.05, 4.69) is 73.3 Å². The molecule has 118 valence electrons. The molecule has 0 spiro atoms. The van der Waals surface area contributed by atoms with E-state index in [0.29, 0.717) is 5.92 Å². The van der Waals surface area contributed by atoms with Crippen LogP contribution in [-0.2, 0) is 6.54 Å². The lowest BCUT2D eigenvalue weighted by Crippen LogP contribution is -2.47. The summed E-state index contributed by atoms with van der Waals surface area (Å²) in [4.78, 5) is 2.49. The average Bonchev–Trinajstić information content (AvgIpc) is 2.45. The molecule has 1 heterocycles. The van der Waals surface area contributed by atoms with E-state index in [0.717, 1.165) is 19.6 Å². The van der Waals surface area contributed by atoms with Crippen LogP contribution in [0.1, 0.15) is 36.5 Å². The van der Waals surface area contributed by atoms with Gasteiger partial charge in [-0.15, -0.1) is 12.4 Å². The number of fused-ring (bicyclic) bond motifs is 1. The highest BCUT2D eigenvalue weighted by Crippen LogP contribution is 2.33. The van der Waals surface area contributed by atoms with Gasteiger partial charge in [-0.25, -0.2) is 0 Å². The van der Waals surface area contributed by atoms with Gasteiger partial charge in [0.05, 0.1) is 0 Å². The molecule has 2 N–H and O–H groups in total. The molecule has 3 heteroatoms. The number of hydrogen-bond acceptors (Lipinski definition) is 2. The highest BCUT2D eigenvalue weighted by molar-refractivity contribution is 5.85.